The van der Waals surface area contributed by atoms with E-state index in [2.05, 4.69) is 49.4 Å². The van der Waals surface area contributed by atoms with E-state index in [-0.39, 0.29) is 0 Å². The molecule has 0 aliphatic heterocycles. The molecule has 2 aromatic carbocycles. The topological polar surface area (TPSA) is 0 Å². The Morgan fingerprint density at radius 3 is 2.03 bits per heavy atom. The fourth-order valence-electron chi connectivity index (χ4n) is 4.36. The van der Waals surface area contributed by atoms with Crippen LogP contribution in [-0.4, -0.2) is 0 Å². The number of fused-ring (bicyclic) bond motifs is 7. The maximum atomic E-state index is 2.47. The average molecular weight is 437 g/mol. The van der Waals surface area contributed by atoms with Crippen molar-refractivity contribution in [2.75, 3.05) is 0 Å². The Morgan fingerprint density at radius 1 is 0.586 bits per heavy atom. The van der Waals surface area contributed by atoms with Gasteiger partial charge in [0.15, 0.2) is 0 Å². The molecule has 0 spiro atoms. The molecule has 0 fully saturated rings. The minimum absolute atomic E-state index is 1.23. The van der Waals surface area contributed by atoms with Gasteiger partial charge >= 0.3 is 0 Å². The van der Waals surface area contributed by atoms with Crippen molar-refractivity contribution in [2.24, 2.45) is 0 Å². The molecule has 5 aromatic rings. The Labute approximate surface area is 185 Å². The van der Waals surface area contributed by atoms with Crippen LogP contribution in [0.1, 0.15) is 63.9 Å². The highest BCUT2D eigenvalue weighted by atomic mass is 32.1. The Hall–Kier alpha value is -1.42. The minimum Gasteiger partial charge on any atom is -0.133 e. The molecule has 3 heteroatoms. The van der Waals surface area contributed by atoms with E-state index in [0.717, 1.165) is 0 Å². The van der Waals surface area contributed by atoms with Crippen LogP contribution in [-0.2, 0) is 6.42 Å². The molecular weight excluding hydrogens is 408 g/mol. The maximum absolute atomic E-state index is 2.47. The molecular formula is C26H28S3. The van der Waals surface area contributed by atoms with Crippen LogP contribution in [0.15, 0.2) is 42.5 Å². The fraction of sp³-hybridized carbons (Fsp3) is 0.385. The molecule has 29 heavy (non-hydrogen) atoms. The van der Waals surface area contributed by atoms with Crippen molar-refractivity contribution < 1.29 is 0 Å². The van der Waals surface area contributed by atoms with Crippen LogP contribution in [0.2, 0.25) is 0 Å². The van der Waals surface area contributed by atoms with Crippen molar-refractivity contribution in [2.45, 2.75) is 64.7 Å². The molecule has 150 valence electrons. The largest absolute Gasteiger partial charge is 0.133 e. The first kappa shape index (κ1) is 19.5. The minimum atomic E-state index is 1.23. The molecule has 0 nitrogen and oxygen atoms in total. The molecule has 5 rings (SSSR count). The highest BCUT2D eigenvalue weighted by Crippen LogP contribution is 2.49. The van der Waals surface area contributed by atoms with Crippen molar-refractivity contribution in [1.82, 2.24) is 0 Å². The predicted octanol–water partition coefficient (Wildman–Crippen LogP) is 10.2. The first-order chi connectivity index (χ1) is 14.3. The van der Waals surface area contributed by atoms with Crippen LogP contribution in [0.5, 0.6) is 0 Å². The van der Waals surface area contributed by atoms with Gasteiger partial charge in [0, 0.05) is 20.2 Å². The van der Waals surface area contributed by atoms with Crippen LogP contribution < -0.4 is 0 Å². The lowest BCUT2D eigenvalue weighted by Gasteiger charge is -2.03. The van der Waals surface area contributed by atoms with Gasteiger partial charge in [0.1, 0.15) is 0 Å². The highest BCUT2D eigenvalue weighted by molar-refractivity contribution is 7.43. The average Bonchev–Trinajstić information content (AvgIpc) is 3.38. The van der Waals surface area contributed by atoms with Gasteiger partial charge in [-0.05, 0) is 30.5 Å². The Morgan fingerprint density at radius 2 is 1.24 bits per heavy atom. The number of hydrogen-bond acceptors (Lipinski definition) is 3. The maximum Gasteiger partial charge on any atom is 0.0642 e. The van der Waals surface area contributed by atoms with Gasteiger partial charge in [-0.25, -0.2) is 0 Å². The summed E-state index contributed by atoms with van der Waals surface area (Å²) < 4.78 is 8.88. The van der Waals surface area contributed by atoms with Crippen LogP contribution >= 0.6 is 34.0 Å². The number of rotatable bonds is 9. The van der Waals surface area contributed by atoms with Crippen LogP contribution in [0, 0.1) is 0 Å². The van der Waals surface area contributed by atoms with Gasteiger partial charge in [0.25, 0.3) is 0 Å². The monoisotopic (exact) mass is 436 g/mol. The van der Waals surface area contributed by atoms with Gasteiger partial charge in [-0.1, -0.05) is 82.2 Å². The van der Waals surface area contributed by atoms with E-state index in [1.54, 1.807) is 0 Å². The summed E-state index contributed by atoms with van der Waals surface area (Å²) in [4.78, 5) is 0. The second-order valence-corrected chi connectivity index (χ2v) is 11.3. The van der Waals surface area contributed by atoms with Crippen molar-refractivity contribution in [1.29, 1.82) is 0 Å². The number of benzene rings is 2. The number of thiophene rings is 3. The zero-order chi connectivity index (χ0) is 19.6. The van der Waals surface area contributed by atoms with E-state index in [4.69, 9.17) is 0 Å². The van der Waals surface area contributed by atoms with Gasteiger partial charge in [-0.15, -0.1) is 34.0 Å². The third kappa shape index (κ3) is 3.85. The van der Waals surface area contributed by atoms with E-state index in [1.165, 1.54) is 102 Å². The molecule has 3 aromatic heterocycles. The molecule has 0 radical (unpaired) electrons. The van der Waals surface area contributed by atoms with Crippen molar-refractivity contribution in [3.05, 3.63) is 48.0 Å². The summed E-state index contributed by atoms with van der Waals surface area (Å²) in [5.74, 6) is 0. The molecule has 0 bridgehead atoms. The molecule has 0 N–H and O–H groups in total. The van der Waals surface area contributed by atoms with Crippen LogP contribution in [0.4, 0.5) is 0 Å². The third-order valence-electron chi connectivity index (χ3n) is 5.99. The summed E-state index contributed by atoms with van der Waals surface area (Å²) in [6.45, 7) is 2.29. The zero-order valence-corrected chi connectivity index (χ0v) is 19.6. The van der Waals surface area contributed by atoms with E-state index in [0.29, 0.717) is 0 Å². The summed E-state index contributed by atoms with van der Waals surface area (Å²) in [6.07, 6.45) is 12.4. The lowest BCUT2D eigenvalue weighted by molar-refractivity contribution is 0.575. The van der Waals surface area contributed by atoms with Crippen LogP contribution in [0.3, 0.4) is 0 Å². The van der Waals surface area contributed by atoms with Crippen LogP contribution in [0.25, 0.3) is 39.0 Å². The summed E-state index contributed by atoms with van der Waals surface area (Å²) in [7, 11) is 0. The molecule has 0 aliphatic carbocycles. The quantitative estimate of drug-likeness (QED) is 0.202. The molecule has 3 heterocycles. The number of aryl methyl sites for hydroxylation is 1. The Kier molecular flexibility index (Phi) is 5.90. The van der Waals surface area contributed by atoms with E-state index in [1.807, 2.05) is 34.0 Å². The molecule has 0 saturated carbocycles. The summed E-state index contributed by atoms with van der Waals surface area (Å²) >= 11 is 5.96. The van der Waals surface area contributed by atoms with Crippen molar-refractivity contribution in [3.63, 3.8) is 0 Å². The van der Waals surface area contributed by atoms with Crippen molar-refractivity contribution >= 4 is 73.0 Å². The van der Waals surface area contributed by atoms with Gasteiger partial charge in [-0.3, -0.25) is 0 Å². The SMILES string of the molecule is CCCCCCCCCCc1ccc2c(c1)sc1c2sc2c3ccccc3sc21. The Balaban J connectivity index is 1.31. The molecule has 0 saturated heterocycles. The second-order valence-electron chi connectivity index (χ2n) is 8.17. The van der Waals surface area contributed by atoms with Gasteiger partial charge in [0.05, 0.1) is 18.8 Å². The van der Waals surface area contributed by atoms with Gasteiger partial charge < -0.3 is 0 Å². The molecule has 0 atom stereocenters. The van der Waals surface area contributed by atoms with Gasteiger partial charge in [0.2, 0.25) is 0 Å². The first-order valence-corrected chi connectivity index (χ1v) is 13.6. The predicted molar refractivity (Wildman–Crippen MR) is 136 cm³/mol. The van der Waals surface area contributed by atoms with E-state index >= 15 is 0 Å². The first-order valence-electron chi connectivity index (χ1n) is 11.1. The highest BCUT2D eigenvalue weighted by Gasteiger charge is 2.16. The van der Waals surface area contributed by atoms with Gasteiger partial charge in [-0.2, -0.15) is 0 Å². The lowest BCUT2D eigenvalue weighted by Crippen LogP contribution is -1.86. The standard InChI is InChI=1S/C26H28S3/c1-2-3-4-5-6-7-8-9-12-18-15-16-20-22(17-18)28-26-24(20)29-23-19-13-10-11-14-21(19)27-25(23)26/h10-11,13-17H,2-9,12H2,1H3. The summed E-state index contributed by atoms with van der Waals surface area (Å²) in [5.41, 5.74) is 1.52. The number of unbranched alkanes of at least 4 members (excludes halogenated alkanes) is 7. The molecule has 0 aliphatic rings. The fourth-order valence-corrected chi connectivity index (χ4v) is 8.69. The Bertz CT molecular complexity index is 1250. The molecule has 0 amide bonds. The summed E-state index contributed by atoms with van der Waals surface area (Å²) in [6, 6.07) is 16.1. The third-order valence-corrected chi connectivity index (χ3v) is 9.99. The number of hydrogen-bond donors (Lipinski definition) is 0. The lowest BCUT2D eigenvalue weighted by atomic mass is 10.0. The summed E-state index contributed by atoms with van der Waals surface area (Å²) in [5, 5.41) is 2.89. The van der Waals surface area contributed by atoms with Crippen molar-refractivity contribution in [3.8, 4) is 0 Å². The smallest absolute Gasteiger partial charge is 0.0642 e. The second kappa shape index (κ2) is 8.75. The molecule has 0 unspecified atom stereocenters. The van der Waals surface area contributed by atoms with E-state index in [9.17, 15) is 0 Å². The normalized spacial score (nSPS) is 12.2. The zero-order valence-electron chi connectivity index (χ0n) is 17.1. The van der Waals surface area contributed by atoms with E-state index < -0.39 is 0 Å².